The molecule has 0 saturated carbocycles. The highest BCUT2D eigenvalue weighted by molar-refractivity contribution is 5.78. The number of rotatable bonds is 4. The van der Waals surface area contributed by atoms with Crippen LogP contribution in [0.2, 0.25) is 0 Å². The molecular formula is C18H28N4O2. The Bertz CT molecular complexity index is 541. The number of pyridine rings is 1. The molecule has 1 spiro atoms. The molecular weight excluding hydrogens is 304 g/mol. The largest absolute Gasteiger partial charge is 0.372 e. The lowest BCUT2D eigenvalue weighted by atomic mass is 9.89. The molecule has 1 amide bonds. The third-order valence-electron chi connectivity index (χ3n) is 4.92. The molecule has 3 heterocycles. The fourth-order valence-corrected chi connectivity index (χ4v) is 3.62. The first-order chi connectivity index (χ1) is 11.6. The second kappa shape index (κ2) is 7.59. The van der Waals surface area contributed by atoms with Crippen LogP contribution in [-0.2, 0) is 16.1 Å². The molecule has 24 heavy (non-hydrogen) atoms. The smallest absolute Gasteiger partial charge is 0.236 e. The number of carbonyl (C=O) groups excluding carboxylic acids is 1. The van der Waals surface area contributed by atoms with Gasteiger partial charge in [0.25, 0.3) is 0 Å². The van der Waals surface area contributed by atoms with Crippen LogP contribution in [0.1, 0.15) is 18.5 Å². The first kappa shape index (κ1) is 17.3. The van der Waals surface area contributed by atoms with Crippen molar-refractivity contribution in [2.24, 2.45) is 0 Å². The SMILES string of the molecule is CN(C)CC(=O)N1CCC2(CC1)CN(Cc1ccccn1)CCO2. The molecule has 0 atom stereocenters. The van der Waals surface area contributed by atoms with Crippen LogP contribution in [0.4, 0.5) is 0 Å². The summed E-state index contributed by atoms with van der Waals surface area (Å²) < 4.78 is 6.17. The van der Waals surface area contributed by atoms with E-state index in [9.17, 15) is 4.79 Å². The van der Waals surface area contributed by atoms with Gasteiger partial charge in [-0.15, -0.1) is 0 Å². The standard InChI is InChI=1S/C18H28N4O2/c1-20(2)14-17(23)22-9-6-18(7-10-22)15-21(11-12-24-18)13-16-5-3-4-8-19-16/h3-5,8H,6-7,9-15H2,1-2H3. The number of likely N-dealkylation sites (N-methyl/N-ethyl adjacent to an activating group) is 1. The monoisotopic (exact) mass is 332 g/mol. The number of piperidine rings is 1. The molecule has 132 valence electrons. The Morgan fingerprint density at radius 1 is 1.29 bits per heavy atom. The number of likely N-dealkylation sites (tertiary alicyclic amines) is 1. The summed E-state index contributed by atoms with van der Waals surface area (Å²) in [7, 11) is 3.87. The summed E-state index contributed by atoms with van der Waals surface area (Å²) in [6, 6.07) is 6.06. The lowest BCUT2D eigenvalue weighted by Crippen LogP contribution is -2.57. The predicted molar refractivity (Wildman–Crippen MR) is 92.6 cm³/mol. The highest BCUT2D eigenvalue weighted by Gasteiger charge is 2.40. The molecule has 1 aromatic heterocycles. The molecule has 6 heteroatoms. The summed E-state index contributed by atoms with van der Waals surface area (Å²) in [5.41, 5.74) is 1.01. The van der Waals surface area contributed by atoms with E-state index in [4.69, 9.17) is 4.74 Å². The van der Waals surface area contributed by atoms with Crippen molar-refractivity contribution >= 4 is 5.91 Å². The summed E-state index contributed by atoms with van der Waals surface area (Å²) in [4.78, 5) is 23.0. The van der Waals surface area contributed by atoms with Gasteiger partial charge in [0.05, 0.1) is 24.4 Å². The molecule has 2 aliphatic rings. The average molecular weight is 332 g/mol. The van der Waals surface area contributed by atoms with Gasteiger partial charge >= 0.3 is 0 Å². The van der Waals surface area contributed by atoms with Crippen LogP contribution in [0.25, 0.3) is 0 Å². The molecule has 0 bridgehead atoms. The van der Waals surface area contributed by atoms with Crippen LogP contribution in [0.3, 0.4) is 0 Å². The van der Waals surface area contributed by atoms with Gasteiger partial charge in [0.15, 0.2) is 0 Å². The zero-order valence-corrected chi connectivity index (χ0v) is 14.8. The quantitative estimate of drug-likeness (QED) is 0.818. The van der Waals surface area contributed by atoms with Crippen molar-refractivity contribution in [3.8, 4) is 0 Å². The topological polar surface area (TPSA) is 48.9 Å². The summed E-state index contributed by atoms with van der Waals surface area (Å²) in [5.74, 6) is 0.219. The van der Waals surface area contributed by atoms with Crippen LogP contribution >= 0.6 is 0 Å². The van der Waals surface area contributed by atoms with Gasteiger partial charge in [-0.2, -0.15) is 0 Å². The van der Waals surface area contributed by atoms with Gasteiger partial charge in [-0.25, -0.2) is 0 Å². The van der Waals surface area contributed by atoms with Crippen molar-refractivity contribution in [3.63, 3.8) is 0 Å². The second-order valence-electron chi connectivity index (χ2n) is 7.18. The summed E-state index contributed by atoms with van der Waals surface area (Å²) >= 11 is 0. The van der Waals surface area contributed by atoms with E-state index in [-0.39, 0.29) is 11.5 Å². The summed E-state index contributed by atoms with van der Waals surface area (Å²) in [6.07, 6.45) is 3.69. The van der Waals surface area contributed by atoms with E-state index in [1.165, 1.54) is 0 Å². The Kier molecular flexibility index (Phi) is 5.48. The molecule has 2 aliphatic heterocycles. The molecule has 2 saturated heterocycles. The maximum absolute atomic E-state index is 12.2. The zero-order chi connectivity index (χ0) is 17.0. The minimum absolute atomic E-state index is 0.0953. The molecule has 3 rings (SSSR count). The van der Waals surface area contributed by atoms with E-state index in [0.717, 1.165) is 57.9 Å². The van der Waals surface area contributed by atoms with Gasteiger partial charge in [-0.1, -0.05) is 6.07 Å². The predicted octanol–water partition coefficient (Wildman–Crippen LogP) is 0.837. The molecule has 6 nitrogen and oxygen atoms in total. The first-order valence-electron chi connectivity index (χ1n) is 8.75. The Morgan fingerprint density at radius 3 is 2.75 bits per heavy atom. The number of aromatic nitrogens is 1. The van der Waals surface area contributed by atoms with Crippen molar-refractivity contribution in [1.29, 1.82) is 0 Å². The molecule has 2 fully saturated rings. The highest BCUT2D eigenvalue weighted by Crippen LogP contribution is 2.30. The number of ether oxygens (including phenoxy) is 1. The van der Waals surface area contributed by atoms with Crippen molar-refractivity contribution in [1.82, 2.24) is 19.7 Å². The minimum atomic E-state index is -0.0953. The highest BCUT2D eigenvalue weighted by atomic mass is 16.5. The molecule has 0 aromatic carbocycles. The van der Waals surface area contributed by atoms with Crippen LogP contribution in [0.5, 0.6) is 0 Å². The molecule has 0 N–H and O–H groups in total. The number of nitrogens with zero attached hydrogens (tertiary/aromatic N) is 4. The summed E-state index contributed by atoms with van der Waals surface area (Å²) in [5, 5.41) is 0. The average Bonchev–Trinajstić information content (AvgIpc) is 2.56. The lowest BCUT2D eigenvalue weighted by molar-refractivity contribution is -0.151. The van der Waals surface area contributed by atoms with Gasteiger partial charge < -0.3 is 14.5 Å². The van der Waals surface area contributed by atoms with E-state index in [1.54, 1.807) is 0 Å². The fraction of sp³-hybridized carbons (Fsp3) is 0.667. The first-order valence-corrected chi connectivity index (χ1v) is 8.75. The van der Waals surface area contributed by atoms with Crippen LogP contribution in [0, 0.1) is 0 Å². The summed E-state index contributed by atoms with van der Waals surface area (Å²) in [6.45, 7) is 5.59. The minimum Gasteiger partial charge on any atom is -0.372 e. The van der Waals surface area contributed by atoms with Crippen molar-refractivity contribution in [2.45, 2.75) is 25.0 Å². The molecule has 1 aromatic rings. The van der Waals surface area contributed by atoms with Gasteiger partial charge in [0.2, 0.25) is 5.91 Å². The van der Waals surface area contributed by atoms with Crippen LogP contribution in [0.15, 0.2) is 24.4 Å². The number of morpholine rings is 1. The van der Waals surface area contributed by atoms with Crippen LogP contribution < -0.4 is 0 Å². The Hall–Kier alpha value is -1.50. The van der Waals surface area contributed by atoms with Gasteiger partial charge in [0, 0.05) is 38.9 Å². The van der Waals surface area contributed by atoms with Crippen LogP contribution in [-0.4, -0.2) is 84.6 Å². The Labute approximate surface area is 144 Å². The maximum atomic E-state index is 12.2. The Morgan fingerprint density at radius 2 is 2.08 bits per heavy atom. The van der Waals surface area contributed by atoms with Crippen molar-refractivity contribution in [2.75, 3.05) is 53.4 Å². The molecule has 0 radical (unpaired) electrons. The molecule has 0 unspecified atom stereocenters. The fourth-order valence-electron chi connectivity index (χ4n) is 3.62. The maximum Gasteiger partial charge on any atom is 0.236 e. The number of carbonyl (C=O) groups is 1. The number of hydrogen-bond donors (Lipinski definition) is 0. The third kappa shape index (κ3) is 4.32. The number of hydrogen-bond acceptors (Lipinski definition) is 5. The van der Waals surface area contributed by atoms with E-state index >= 15 is 0 Å². The van der Waals surface area contributed by atoms with Gasteiger partial charge in [-0.3, -0.25) is 14.7 Å². The van der Waals surface area contributed by atoms with E-state index in [2.05, 4.69) is 16.0 Å². The van der Waals surface area contributed by atoms with E-state index in [0.29, 0.717) is 6.54 Å². The normalized spacial score (nSPS) is 21.4. The second-order valence-corrected chi connectivity index (χ2v) is 7.18. The van der Waals surface area contributed by atoms with E-state index < -0.39 is 0 Å². The Balaban J connectivity index is 1.54. The van der Waals surface area contributed by atoms with Crippen molar-refractivity contribution in [3.05, 3.63) is 30.1 Å². The molecule has 0 aliphatic carbocycles. The van der Waals surface area contributed by atoms with E-state index in [1.807, 2.05) is 42.2 Å². The van der Waals surface area contributed by atoms with Gasteiger partial charge in [0.1, 0.15) is 0 Å². The number of amides is 1. The third-order valence-corrected chi connectivity index (χ3v) is 4.92. The van der Waals surface area contributed by atoms with Crippen molar-refractivity contribution < 1.29 is 9.53 Å². The van der Waals surface area contributed by atoms with Gasteiger partial charge in [-0.05, 0) is 39.1 Å². The zero-order valence-electron chi connectivity index (χ0n) is 14.8. The lowest BCUT2D eigenvalue weighted by Gasteiger charge is -2.47.